The standard InChI is InChI=1S/C7H11N3O3S/c11-14(12,7-2-3-8-9-7)10-4-1-5-13-6-10/h2-3H,1,4-6H2,(H,8,9). The summed E-state index contributed by atoms with van der Waals surface area (Å²) in [5.74, 6) is 0. The molecule has 6 nitrogen and oxygen atoms in total. The zero-order valence-corrected chi connectivity index (χ0v) is 8.33. The third-order valence-electron chi connectivity index (χ3n) is 2.02. The van der Waals surface area contributed by atoms with E-state index < -0.39 is 10.0 Å². The van der Waals surface area contributed by atoms with Crippen molar-refractivity contribution < 1.29 is 13.2 Å². The topological polar surface area (TPSA) is 75.3 Å². The van der Waals surface area contributed by atoms with Gasteiger partial charge in [0.15, 0.2) is 5.03 Å². The van der Waals surface area contributed by atoms with Gasteiger partial charge in [0, 0.05) is 13.2 Å². The quantitative estimate of drug-likeness (QED) is 0.743. The molecule has 0 radical (unpaired) electrons. The molecule has 1 saturated heterocycles. The Kier molecular flexibility index (Phi) is 2.53. The van der Waals surface area contributed by atoms with Crippen molar-refractivity contribution >= 4 is 10.0 Å². The number of nitrogens with zero attached hydrogens (tertiary/aromatic N) is 2. The highest BCUT2D eigenvalue weighted by Crippen LogP contribution is 2.14. The van der Waals surface area contributed by atoms with Crippen LogP contribution in [0.3, 0.4) is 0 Å². The highest BCUT2D eigenvalue weighted by molar-refractivity contribution is 7.89. The molecule has 1 aromatic heterocycles. The van der Waals surface area contributed by atoms with Crippen LogP contribution in [-0.2, 0) is 14.8 Å². The summed E-state index contributed by atoms with van der Waals surface area (Å²) in [6.45, 7) is 1.25. The van der Waals surface area contributed by atoms with Crippen molar-refractivity contribution in [3.8, 4) is 0 Å². The Balaban J connectivity index is 2.23. The molecular weight excluding hydrogens is 206 g/mol. The maximum Gasteiger partial charge on any atom is 0.261 e. The van der Waals surface area contributed by atoms with Crippen molar-refractivity contribution in [1.29, 1.82) is 0 Å². The van der Waals surface area contributed by atoms with E-state index in [1.165, 1.54) is 16.6 Å². The zero-order chi connectivity index (χ0) is 10.0. The average Bonchev–Trinajstić information content (AvgIpc) is 2.72. The highest BCUT2D eigenvalue weighted by atomic mass is 32.2. The first kappa shape index (κ1) is 9.63. The Morgan fingerprint density at radius 3 is 3.00 bits per heavy atom. The number of nitrogens with one attached hydrogen (secondary N) is 1. The van der Waals surface area contributed by atoms with Crippen LogP contribution < -0.4 is 0 Å². The SMILES string of the molecule is O=S(=O)(c1ccn[nH]1)N1CCCOC1. The van der Waals surface area contributed by atoms with E-state index in [9.17, 15) is 8.42 Å². The second-order valence-corrected chi connectivity index (χ2v) is 4.90. The van der Waals surface area contributed by atoms with E-state index in [1.807, 2.05) is 0 Å². The van der Waals surface area contributed by atoms with Crippen LogP contribution in [0.25, 0.3) is 0 Å². The van der Waals surface area contributed by atoms with Crippen LogP contribution in [-0.4, -0.2) is 42.8 Å². The van der Waals surface area contributed by atoms with Gasteiger partial charge in [0.25, 0.3) is 10.0 Å². The molecular formula is C7H11N3O3S. The molecule has 1 aromatic rings. The summed E-state index contributed by atoms with van der Waals surface area (Å²) in [5.41, 5.74) is 0. The zero-order valence-electron chi connectivity index (χ0n) is 7.51. The van der Waals surface area contributed by atoms with Gasteiger partial charge in [0.2, 0.25) is 0 Å². The van der Waals surface area contributed by atoms with Crippen LogP contribution in [0.15, 0.2) is 17.3 Å². The minimum Gasteiger partial charge on any atom is -0.365 e. The lowest BCUT2D eigenvalue weighted by Gasteiger charge is -2.24. The second kappa shape index (κ2) is 3.68. The van der Waals surface area contributed by atoms with Gasteiger partial charge in [-0.05, 0) is 12.5 Å². The highest BCUT2D eigenvalue weighted by Gasteiger charge is 2.27. The molecule has 0 atom stereocenters. The second-order valence-electron chi connectivity index (χ2n) is 2.99. The van der Waals surface area contributed by atoms with Gasteiger partial charge in [-0.3, -0.25) is 5.10 Å². The lowest BCUT2D eigenvalue weighted by Crippen LogP contribution is -2.38. The molecule has 0 amide bonds. The van der Waals surface area contributed by atoms with Crippen LogP contribution in [0.4, 0.5) is 0 Å². The van der Waals surface area contributed by atoms with Gasteiger partial charge in [0.05, 0.1) is 6.20 Å². The van der Waals surface area contributed by atoms with Crippen LogP contribution in [0, 0.1) is 0 Å². The van der Waals surface area contributed by atoms with Gasteiger partial charge >= 0.3 is 0 Å². The molecule has 0 aromatic carbocycles. The first-order valence-electron chi connectivity index (χ1n) is 4.28. The predicted molar refractivity (Wildman–Crippen MR) is 47.9 cm³/mol. The van der Waals surface area contributed by atoms with E-state index in [0.29, 0.717) is 13.2 Å². The van der Waals surface area contributed by atoms with Crippen LogP contribution >= 0.6 is 0 Å². The minimum atomic E-state index is -3.43. The monoisotopic (exact) mass is 217 g/mol. The van der Waals surface area contributed by atoms with Gasteiger partial charge in [-0.1, -0.05) is 0 Å². The molecule has 1 aliphatic heterocycles. The van der Waals surface area contributed by atoms with Crippen LogP contribution in [0.2, 0.25) is 0 Å². The Hall–Kier alpha value is -0.920. The Morgan fingerprint density at radius 1 is 1.57 bits per heavy atom. The molecule has 0 saturated carbocycles. The van der Waals surface area contributed by atoms with Gasteiger partial charge in [-0.2, -0.15) is 9.40 Å². The summed E-state index contributed by atoms with van der Waals surface area (Å²) in [7, 11) is -3.43. The maximum atomic E-state index is 11.8. The van der Waals surface area contributed by atoms with Crippen LogP contribution in [0.1, 0.15) is 6.42 Å². The Morgan fingerprint density at radius 2 is 2.43 bits per heavy atom. The van der Waals surface area contributed by atoms with E-state index in [4.69, 9.17) is 4.74 Å². The van der Waals surface area contributed by atoms with Gasteiger partial charge in [-0.15, -0.1) is 0 Å². The number of sulfonamides is 1. The maximum absolute atomic E-state index is 11.8. The summed E-state index contributed by atoms with van der Waals surface area (Å²) >= 11 is 0. The first-order chi connectivity index (χ1) is 6.71. The molecule has 1 aliphatic rings. The number of ether oxygens (including phenoxy) is 1. The Labute approximate surface area is 81.9 Å². The average molecular weight is 217 g/mol. The van der Waals surface area contributed by atoms with Crippen molar-refractivity contribution in [2.75, 3.05) is 19.9 Å². The van der Waals surface area contributed by atoms with Gasteiger partial charge < -0.3 is 4.74 Å². The number of hydrogen-bond acceptors (Lipinski definition) is 4. The smallest absolute Gasteiger partial charge is 0.261 e. The molecule has 0 bridgehead atoms. The summed E-state index contributed by atoms with van der Waals surface area (Å²) in [4.78, 5) is 0. The largest absolute Gasteiger partial charge is 0.365 e. The number of aromatic nitrogens is 2. The fourth-order valence-corrected chi connectivity index (χ4v) is 2.55. The van der Waals surface area contributed by atoms with Crippen molar-refractivity contribution in [1.82, 2.24) is 14.5 Å². The summed E-state index contributed by atoms with van der Waals surface area (Å²) in [6, 6.07) is 1.43. The molecule has 1 fully saturated rings. The summed E-state index contributed by atoms with van der Waals surface area (Å²) in [5, 5.41) is 6.17. The molecule has 1 N–H and O–H groups in total. The van der Waals surface area contributed by atoms with Crippen molar-refractivity contribution in [3.63, 3.8) is 0 Å². The van der Waals surface area contributed by atoms with E-state index in [0.717, 1.165) is 6.42 Å². The molecule has 0 unspecified atom stereocenters. The fourth-order valence-electron chi connectivity index (χ4n) is 1.29. The summed E-state index contributed by atoms with van der Waals surface area (Å²) in [6.07, 6.45) is 2.14. The van der Waals surface area contributed by atoms with Crippen molar-refractivity contribution in [3.05, 3.63) is 12.3 Å². The van der Waals surface area contributed by atoms with E-state index in [-0.39, 0.29) is 11.8 Å². The van der Waals surface area contributed by atoms with Crippen LogP contribution in [0.5, 0.6) is 0 Å². The van der Waals surface area contributed by atoms with E-state index in [1.54, 1.807) is 0 Å². The van der Waals surface area contributed by atoms with E-state index >= 15 is 0 Å². The fraction of sp³-hybridized carbons (Fsp3) is 0.571. The Bertz CT molecular complexity index is 380. The lowest BCUT2D eigenvalue weighted by molar-refractivity contribution is 0.0311. The molecule has 2 heterocycles. The predicted octanol–water partition coefficient (Wildman–Crippen LogP) is -0.222. The number of H-pyrrole nitrogens is 1. The minimum absolute atomic E-state index is 0.114. The third kappa shape index (κ3) is 1.66. The number of rotatable bonds is 2. The molecule has 7 heteroatoms. The van der Waals surface area contributed by atoms with Gasteiger partial charge in [-0.25, -0.2) is 8.42 Å². The number of hydrogen-bond donors (Lipinski definition) is 1. The van der Waals surface area contributed by atoms with E-state index in [2.05, 4.69) is 10.2 Å². The third-order valence-corrected chi connectivity index (χ3v) is 3.78. The van der Waals surface area contributed by atoms with Crippen molar-refractivity contribution in [2.24, 2.45) is 0 Å². The summed E-state index contributed by atoms with van der Waals surface area (Å²) < 4.78 is 30.0. The lowest BCUT2D eigenvalue weighted by atomic mass is 10.4. The first-order valence-corrected chi connectivity index (χ1v) is 5.72. The number of aromatic amines is 1. The molecule has 0 aliphatic carbocycles. The molecule has 2 rings (SSSR count). The molecule has 78 valence electrons. The van der Waals surface area contributed by atoms with Gasteiger partial charge in [0.1, 0.15) is 6.73 Å². The molecule has 14 heavy (non-hydrogen) atoms. The molecule has 0 spiro atoms. The van der Waals surface area contributed by atoms with Crippen molar-refractivity contribution in [2.45, 2.75) is 11.4 Å². The normalized spacial score (nSPS) is 19.7.